The van der Waals surface area contributed by atoms with E-state index in [1.165, 1.54) is 0 Å². The first-order chi connectivity index (χ1) is 6.81. The fourth-order valence-corrected chi connectivity index (χ4v) is 1.37. The second-order valence-corrected chi connectivity index (χ2v) is 4.66. The van der Waals surface area contributed by atoms with Crippen LogP contribution < -0.4 is 5.32 Å². The van der Waals surface area contributed by atoms with E-state index in [1.54, 1.807) is 0 Å². The van der Waals surface area contributed by atoms with Gasteiger partial charge in [-0.15, -0.1) is 0 Å². The van der Waals surface area contributed by atoms with Gasteiger partial charge >= 0.3 is 6.18 Å². The summed E-state index contributed by atoms with van der Waals surface area (Å²) < 4.78 is 35.5. The van der Waals surface area contributed by atoms with E-state index in [2.05, 4.69) is 19.2 Å². The van der Waals surface area contributed by atoms with Crippen molar-refractivity contribution in [1.29, 1.82) is 0 Å². The number of halogens is 3. The lowest BCUT2D eigenvalue weighted by Crippen LogP contribution is -2.25. The first kappa shape index (κ1) is 14.8. The van der Waals surface area contributed by atoms with E-state index >= 15 is 0 Å². The predicted octanol–water partition coefficient (Wildman–Crippen LogP) is 3.60. The first-order valence-electron chi connectivity index (χ1n) is 5.58. The van der Waals surface area contributed by atoms with Gasteiger partial charge < -0.3 is 5.32 Å². The van der Waals surface area contributed by atoms with Crippen LogP contribution in [0.3, 0.4) is 0 Å². The summed E-state index contributed by atoms with van der Waals surface area (Å²) in [6.07, 6.45) is -3.76. The molecule has 0 saturated heterocycles. The van der Waals surface area contributed by atoms with Crippen molar-refractivity contribution >= 4 is 0 Å². The Morgan fingerprint density at radius 3 is 2.13 bits per heavy atom. The molecule has 0 aliphatic rings. The summed E-state index contributed by atoms with van der Waals surface area (Å²) in [5, 5.41) is 3.25. The van der Waals surface area contributed by atoms with Crippen LogP contribution in [-0.4, -0.2) is 19.3 Å². The van der Waals surface area contributed by atoms with E-state index in [9.17, 15) is 13.2 Å². The molecule has 0 aromatic heterocycles. The average Bonchev–Trinajstić information content (AvgIpc) is 2.00. The molecule has 92 valence electrons. The number of rotatable bonds is 7. The molecule has 4 heteroatoms. The van der Waals surface area contributed by atoms with Crippen LogP contribution in [0.4, 0.5) is 13.2 Å². The standard InChI is InChI=1S/C11H22F3N/c1-9(2)7-15-8-10(3)5-4-6-11(12,13)14/h9-10,15H,4-8H2,1-3H3. The van der Waals surface area contributed by atoms with Crippen LogP contribution in [0, 0.1) is 11.8 Å². The molecular weight excluding hydrogens is 203 g/mol. The van der Waals surface area contributed by atoms with Gasteiger partial charge in [0.15, 0.2) is 0 Å². The summed E-state index contributed by atoms with van der Waals surface area (Å²) in [4.78, 5) is 0. The van der Waals surface area contributed by atoms with Gasteiger partial charge in [0.05, 0.1) is 0 Å². The van der Waals surface area contributed by atoms with E-state index in [4.69, 9.17) is 0 Å². The zero-order valence-corrected chi connectivity index (χ0v) is 9.82. The Bertz CT molecular complexity index is 154. The molecule has 0 radical (unpaired) electrons. The number of nitrogens with one attached hydrogen (secondary N) is 1. The minimum absolute atomic E-state index is 0.244. The molecule has 0 aromatic carbocycles. The van der Waals surface area contributed by atoms with E-state index in [1.807, 2.05) is 6.92 Å². The van der Waals surface area contributed by atoms with Crippen molar-refractivity contribution < 1.29 is 13.2 Å². The fourth-order valence-electron chi connectivity index (χ4n) is 1.37. The molecule has 0 rings (SSSR count). The minimum Gasteiger partial charge on any atom is -0.316 e. The van der Waals surface area contributed by atoms with Crippen LogP contribution in [0.25, 0.3) is 0 Å². The molecule has 1 N–H and O–H groups in total. The second kappa shape index (κ2) is 7.09. The Morgan fingerprint density at radius 1 is 1.07 bits per heavy atom. The van der Waals surface area contributed by atoms with E-state index in [0.29, 0.717) is 18.3 Å². The summed E-state index contributed by atoms with van der Waals surface area (Å²) >= 11 is 0. The van der Waals surface area contributed by atoms with Gasteiger partial charge in [0, 0.05) is 6.42 Å². The largest absolute Gasteiger partial charge is 0.389 e. The lowest BCUT2D eigenvalue weighted by atomic mass is 10.0. The molecule has 0 bridgehead atoms. The second-order valence-electron chi connectivity index (χ2n) is 4.66. The molecule has 15 heavy (non-hydrogen) atoms. The van der Waals surface area contributed by atoms with Crippen molar-refractivity contribution in [2.45, 2.75) is 46.2 Å². The third-order valence-electron chi connectivity index (χ3n) is 2.20. The van der Waals surface area contributed by atoms with E-state index < -0.39 is 12.6 Å². The average molecular weight is 225 g/mol. The Morgan fingerprint density at radius 2 is 1.67 bits per heavy atom. The molecule has 0 spiro atoms. The van der Waals surface area contributed by atoms with Crippen LogP contribution >= 0.6 is 0 Å². The topological polar surface area (TPSA) is 12.0 Å². The molecule has 0 heterocycles. The normalized spacial score (nSPS) is 14.6. The third kappa shape index (κ3) is 11.7. The molecule has 0 saturated carbocycles. The van der Waals surface area contributed by atoms with Crippen molar-refractivity contribution in [1.82, 2.24) is 5.32 Å². The van der Waals surface area contributed by atoms with Crippen molar-refractivity contribution in [3.8, 4) is 0 Å². The predicted molar refractivity (Wildman–Crippen MR) is 56.8 cm³/mol. The summed E-state index contributed by atoms with van der Waals surface area (Å²) in [5.74, 6) is 0.915. The Labute approximate surface area is 90.4 Å². The molecular formula is C11H22F3N. The molecule has 0 aliphatic heterocycles. The van der Waals surface area contributed by atoms with Crippen LogP contribution in [0.5, 0.6) is 0 Å². The van der Waals surface area contributed by atoms with Crippen LogP contribution in [0.15, 0.2) is 0 Å². The van der Waals surface area contributed by atoms with Gasteiger partial charge in [0.25, 0.3) is 0 Å². The van der Waals surface area contributed by atoms with Gasteiger partial charge in [-0.25, -0.2) is 0 Å². The van der Waals surface area contributed by atoms with Crippen molar-refractivity contribution in [3.05, 3.63) is 0 Å². The van der Waals surface area contributed by atoms with Crippen LogP contribution in [-0.2, 0) is 0 Å². The highest BCUT2D eigenvalue weighted by molar-refractivity contribution is 4.60. The van der Waals surface area contributed by atoms with Crippen LogP contribution in [0.1, 0.15) is 40.0 Å². The molecule has 1 atom stereocenters. The lowest BCUT2D eigenvalue weighted by molar-refractivity contribution is -0.136. The van der Waals surface area contributed by atoms with Gasteiger partial charge in [0.2, 0.25) is 0 Å². The highest BCUT2D eigenvalue weighted by atomic mass is 19.4. The van der Waals surface area contributed by atoms with Crippen molar-refractivity contribution in [3.63, 3.8) is 0 Å². The van der Waals surface area contributed by atoms with Gasteiger partial charge in [-0.2, -0.15) is 13.2 Å². The first-order valence-corrected chi connectivity index (χ1v) is 5.58. The molecule has 1 unspecified atom stereocenters. The Kier molecular flexibility index (Phi) is 6.98. The van der Waals surface area contributed by atoms with Crippen molar-refractivity contribution in [2.24, 2.45) is 11.8 Å². The number of hydrogen-bond acceptors (Lipinski definition) is 1. The van der Waals surface area contributed by atoms with Gasteiger partial charge in [-0.3, -0.25) is 0 Å². The maximum atomic E-state index is 11.8. The number of alkyl halides is 3. The smallest absolute Gasteiger partial charge is 0.316 e. The maximum Gasteiger partial charge on any atom is 0.389 e. The summed E-state index contributed by atoms with van der Waals surface area (Å²) in [5.41, 5.74) is 0. The molecule has 1 nitrogen and oxygen atoms in total. The molecule has 0 aromatic rings. The monoisotopic (exact) mass is 225 g/mol. The summed E-state index contributed by atoms with van der Waals surface area (Å²) in [7, 11) is 0. The molecule has 0 fully saturated rings. The van der Waals surface area contributed by atoms with Gasteiger partial charge in [0.1, 0.15) is 0 Å². The molecule has 0 amide bonds. The third-order valence-corrected chi connectivity index (χ3v) is 2.20. The number of hydrogen-bond donors (Lipinski definition) is 1. The van der Waals surface area contributed by atoms with Gasteiger partial charge in [-0.1, -0.05) is 20.8 Å². The highest BCUT2D eigenvalue weighted by Gasteiger charge is 2.26. The zero-order chi connectivity index (χ0) is 11.9. The maximum absolute atomic E-state index is 11.8. The quantitative estimate of drug-likeness (QED) is 0.698. The summed E-state index contributed by atoms with van der Waals surface area (Å²) in [6, 6.07) is 0. The fraction of sp³-hybridized carbons (Fsp3) is 1.00. The minimum atomic E-state index is -3.99. The van der Waals surface area contributed by atoms with Gasteiger partial charge in [-0.05, 0) is 37.8 Å². The van der Waals surface area contributed by atoms with Crippen molar-refractivity contribution in [2.75, 3.05) is 13.1 Å². The lowest BCUT2D eigenvalue weighted by Gasteiger charge is -2.14. The Balaban J connectivity index is 3.37. The molecule has 0 aliphatic carbocycles. The highest BCUT2D eigenvalue weighted by Crippen LogP contribution is 2.23. The Hall–Kier alpha value is -0.250. The summed E-state index contributed by atoms with van der Waals surface area (Å²) in [6.45, 7) is 7.96. The van der Waals surface area contributed by atoms with E-state index in [-0.39, 0.29) is 6.42 Å². The van der Waals surface area contributed by atoms with E-state index in [0.717, 1.165) is 13.1 Å². The SMILES string of the molecule is CC(C)CNCC(C)CCCC(F)(F)F. The zero-order valence-electron chi connectivity index (χ0n) is 9.82. The van der Waals surface area contributed by atoms with Crippen LogP contribution in [0.2, 0.25) is 0 Å².